The van der Waals surface area contributed by atoms with Crippen molar-refractivity contribution in [3.63, 3.8) is 0 Å². The highest BCUT2D eigenvalue weighted by molar-refractivity contribution is 6.42. The molecule has 1 aliphatic rings. The van der Waals surface area contributed by atoms with Crippen molar-refractivity contribution >= 4 is 29.2 Å². The Balaban J connectivity index is 2.00. The molecule has 3 nitrogen and oxygen atoms in total. The standard InChI is InChI=1S/C18H16Cl2N2O/c1-21-18(23)22-17-9-7-12(13-4-2-3-5-14(13)17)11-6-8-15(19)16(20)10-11/h2-10,12,17H,1H3,(H2,21,22,23)/t12-,17-/m0/s1. The summed E-state index contributed by atoms with van der Waals surface area (Å²) in [5.74, 6) is 0.0868. The Bertz CT molecular complexity index is 773. The molecule has 2 aromatic rings. The molecule has 0 aromatic heterocycles. The summed E-state index contributed by atoms with van der Waals surface area (Å²) in [6.45, 7) is 0. The normalized spacial score (nSPS) is 19.1. The highest BCUT2D eigenvalue weighted by Crippen LogP contribution is 2.38. The number of allylic oxidation sites excluding steroid dienone is 1. The number of benzene rings is 2. The molecule has 5 heteroatoms. The minimum atomic E-state index is -0.206. The number of amides is 2. The van der Waals surface area contributed by atoms with Gasteiger partial charge in [-0.05, 0) is 28.8 Å². The van der Waals surface area contributed by atoms with E-state index >= 15 is 0 Å². The van der Waals surface area contributed by atoms with Gasteiger partial charge in [0.05, 0.1) is 16.1 Å². The zero-order valence-corrected chi connectivity index (χ0v) is 14.0. The largest absolute Gasteiger partial charge is 0.341 e. The van der Waals surface area contributed by atoms with Gasteiger partial charge in [-0.3, -0.25) is 0 Å². The van der Waals surface area contributed by atoms with Crippen LogP contribution in [0.25, 0.3) is 0 Å². The molecule has 0 unspecified atom stereocenters. The van der Waals surface area contributed by atoms with Crippen LogP contribution in [0.1, 0.15) is 28.7 Å². The fourth-order valence-electron chi connectivity index (χ4n) is 2.84. The molecule has 0 saturated heterocycles. The van der Waals surface area contributed by atoms with E-state index in [1.54, 1.807) is 7.05 Å². The van der Waals surface area contributed by atoms with Gasteiger partial charge in [0.25, 0.3) is 0 Å². The summed E-state index contributed by atoms with van der Waals surface area (Å²) in [6, 6.07) is 13.4. The maximum atomic E-state index is 11.6. The van der Waals surface area contributed by atoms with E-state index in [4.69, 9.17) is 23.2 Å². The molecule has 0 heterocycles. The van der Waals surface area contributed by atoms with Crippen molar-refractivity contribution in [3.8, 4) is 0 Å². The molecule has 0 radical (unpaired) electrons. The maximum absolute atomic E-state index is 11.6. The smallest absolute Gasteiger partial charge is 0.315 e. The average Bonchev–Trinajstić information content (AvgIpc) is 2.57. The molecule has 0 fully saturated rings. The predicted molar refractivity (Wildman–Crippen MR) is 94.2 cm³/mol. The molecule has 0 aliphatic heterocycles. The summed E-state index contributed by atoms with van der Waals surface area (Å²) in [4.78, 5) is 11.6. The molecular weight excluding hydrogens is 331 g/mol. The van der Waals surface area contributed by atoms with Crippen LogP contribution in [0.4, 0.5) is 4.79 Å². The SMILES string of the molecule is CNC(=O)N[C@H]1C=C[C@@H](c2ccc(Cl)c(Cl)c2)c2ccccc21. The van der Waals surface area contributed by atoms with E-state index < -0.39 is 0 Å². The molecule has 0 spiro atoms. The highest BCUT2D eigenvalue weighted by Gasteiger charge is 2.24. The van der Waals surface area contributed by atoms with Crippen molar-refractivity contribution in [2.75, 3.05) is 7.05 Å². The molecule has 23 heavy (non-hydrogen) atoms. The van der Waals surface area contributed by atoms with E-state index in [9.17, 15) is 4.79 Å². The Morgan fingerprint density at radius 1 is 1.00 bits per heavy atom. The van der Waals surface area contributed by atoms with Crippen LogP contribution in [-0.2, 0) is 0 Å². The van der Waals surface area contributed by atoms with E-state index in [-0.39, 0.29) is 18.0 Å². The first kappa shape index (κ1) is 15.9. The van der Waals surface area contributed by atoms with Crippen molar-refractivity contribution in [1.29, 1.82) is 0 Å². The maximum Gasteiger partial charge on any atom is 0.315 e. The van der Waals surface area contributed by atoms with Gasteiger partial charge < -0.3 is 10.6 Å². The van der Waals surface area contributed by atoms with E-state index in [0.29, 0.717) is 10.0 Å². The lowest BCUT2D eigenvalue weighted by Crippen LogP contribution is -2.36. The topological polar surface area (TPSA) is 41.1 Å². The Morgan fingerprint density at radius 3 is 2.43 bits per heavy atom. The Morgan fingerprint density at radius 2 is 1.74 bits per heavy atom. The number of rotatable bonds is 2. The van der Waals surface area contributed by atoms with Gasteiger partial charge in [-0.25, -0.2) is 4.79 Å². The third-order valence-electron chi connectivity index (χ3n) is 3.98. The number of halogens is 2. The number of nitrogens with one attached hydrogen (secondary N) is 2. The zero-order chi connectivity index (χ0) is 16.4. The minimum absolute atomic E-state index is 0.0868. The van der Waals surface area contributed by atoms with Crippen molar-refractivity contribution in [2.45, 2.75) is 12.0 Å². The second-order valence-corrected chi connectivity index (χ2v) is 6.18. The lowest BCUT2D eigenvalue weighted by atomic mass is 9.81. The van der Waals surface area contributed by atoms with Gasteiger partial charge in [-0.1, -0.05) is 65.7 Å². The molecule has 2 amide bonds. The van der Waals surface area contributed by atoms with E-state index in [1.165, 1.54) is 0 Å². The lowest BCUT2D eigenvalue weighted by Gasteiger charge is -2.27. The van der Waals surface area contributed by atoms with Crippen LogP contribution in [-0.4, -0.2) is 13.1 Å². The number of carbonyl (C=O) groups is 1. The van der Waals surface area contributed by atoms with Gasteiger partial charge in [0, 0.05) is 13.0 Å². The van der Waals surface area contributed by atoms with Gasteiger partial charge in [0.15, 0.2) is 0 Å². The quantitative estimate of drug-likeness (QED) is 0.762. The average molecular weight is 347 g/mol. The Hall–Kier alpha value is -1.97. The Kier molecular flexibility index (Phi) is 4.60. The van der Waals surface area contributed by atoms with E-state index in [2.05, 4.69) is 22.8 Å². The van der Waals surface area contributed by atoms with Crippen LogP contribution >= 0.6 is 23.2 Å². The monoisotopic (exact) mass is 346 g/mol. The van der Waals surface area contributed by atoms with Gasteiger partial charge in [0.2, 0.25) is 0 Å². The fourth-order valence-corrected chi connectivity index (χ4v) is 3.15. The first-order valence-electron chi connectivity index (χ1n) is 7.30. The van der Waals surface area contributed by atoms with Crippen molar-refractivity contribution in [2.24, 2.45) is 0 Å². The van der Waals surface area contributed by atoms with Crippen molar-refractivity contribution in [1.82, 2.24) is 10.6 Å². The van der Waals surface area contributed by atoms with Crippen LogP contribution in [0.15, 0.2) is 54.6 Å². The van der Waals surface area contributed by atoms with Gasteiger partial charge in [-0.15, -0.1) is 0 Å². The molecule has 118 valence electrons. The summed E-state index contributed by atoms with van der Waals surface area (Å²) >= 11 is 12.2. The van der Waals surface area contributed by atoms with Crippen molar-refractivity contribution < 1.29 is 4.79 Å². The third kappa shape index (κ3) is 3.21. The molecule has 1 aliphatic carbocycles. The van der Waals surface area contributed by atoms with Gasteiger partial charge in [0.1, 0.15) is 0 Å². The van der Waals surface area contributed by atoms with E-state index in [0.717, 1.165) is 16.7 Å². The third-order valence-corrected chi connectivity index (χ3v) is 4.72. The van der Waals surface area contributed by atoms with E-state index in [1.807, 2.05) is 42.5 Å². The van der Waals surface area contributed by atoms with Crippen LogP contribution in [0, 0.1) is 0 Å². The molecule has 3 rings (SSSR count). The zero-order valence-electron chi connectivity index (χ0n) is 12.5. The second-order valence-electron chi connectivity index (χ2n) is 5.37. The van der Waals surface area contributed by atoms with Crippen molar-refractivity contribution in [3.05, 3.63) is 81.4 Å². The summed E-state index contributed by atoms with van der Waals surface area (Å²) in [6.07, 6.45) is 4.09. The van der Waals surface area contributed by atoms with Crippen LogP contribution < -0.4 is 10.6 Å². The molecule has 2 N–H and O–H groups in total. The highest BCUT2D eigenvalue weighted by atomic mass is 35.5. The first-order chi connectivity index (χ1) is 11.1. The predicted octanol–water partition coefficient (Wildman–Crippen LogP) is 4.67. The van der Waals surface area contributed by atoms with Gasteiger partial charge >= 0.3 is 6.03 Å². The molecule has 0 bridgehead atoms. The molecule has 2 aromatic carbocycles. The van der Waals surface area contributed by atoms with Crippen LogP contribution in [0.2, 0.25) is 10.0 Å². The van der Waals surface area contributed by atoms with Crippen LogP contribution in [0.5, 0.6) is 0 Å². The number of hydrogen-bond donors (Lipinski definition) is 2. The number of urea groups is 1. The minimum Gasteiger partial charge on any atom is -0.341 e. The number of hydrogen-bond acceptors (Lipinski definition) is 1. The molecule has 0 saturated carbocycles. The summed E-state index contributed by atoms with van der Waals surface area (Å²) < 4.78 is 0. The van der Waals surface area contributed by atoms with Crippen LogP contribution in [0.3, 0.4) is 0 Å². The molecule has 2 atom stereocenters. The second kappa shape index (κ2) is 6.65. The molecular formula is C18H16Cl2N2O. The number of fused-ring (bicyclic) bond motifs is 1. The first-order valence-corrected chi connectivity index (χ1v) is 8.06. The Labute approximate surface area is 145 Å². The number of carbonyl (C=O) groups excluding carboxylic acids is 1. The van der Waals surface area contributed by atoms with Gasteiger partial charge in [-0.2, -0.15) is 0 Å². The summed E-state index contributed by atoms with van der Waals surface area (Å²) in [5.41, 5.74) is 3.30. The summed E-state index contributed by atoms with van der Waals surface area (Å²) in [5, 5.41) is 6.60. The lowest BCUT2D eigenvalue weighted by molar-refractivity contribution is 0.241. The fraction of sp³-hybridized carbons (Fsp3) is 0.167. The summed E-state index contributed by atoms with van der Waals surface area (Å²) in [7, 11) is 1.60.